The molecule has 0 aromatic carbocycles. The molecule has 0 saturated heterocycles. The summed E-state index contributed by atoms with van der Waals surface area (Å²) in [6, 6.07) is 2.45. The molecule has 1 saturated carbocycles. The fourth-order valence-corrected chi connectivity index (χ4v) is 2.42. The van der Waals surface area contributed by atoms with Gasteiger partial charge in [0.2, 0.25) is 5.78 Å². The highest BCUT2D eigenvalue weighted by Gasteiger charge is 2.37. The van der Waals surface area contributed by atoms with Crippen molar-refractivity contribution in [3.63, 3.8) is 0 Å². The molecule has 3 rings (SSSR count). The molecule has 20 heavy (non-hydrogen) atoms. The van der Waals surface area contributed by atoms with Gasteiger partial charge >= 0.3 is 0 Å². The lowest BCUT2D eigenvalue weighted by molar-refractivity contribution is 0.0622. The van der Waals surface area contributed by atoms with Gasteiger partial charge in [-0.3, -0.25) is 9.20 Å². The van der Waals surface area contributed by atoms with Crippen LogP contribution in [0.2, 0.25) is 0 Å². The molecular formula is C15H20N4O. The van der Waals surface area contributed by atoms with E-state index < -0.39 is 0 Å². The molecule has 2 heterocycles. The molecule has 5 nitrogen and oxygen atoms in total. The van der Waals surface area contributed by atoms with Crippen LogP contribution in [0.4, 0.5) is 0 Å². The predicted molar refractivity (Wildman–Crippen MR) is 76.5 cm³/mol. The third kappa shape index (κ3) is 2.28. The Kier molecular flexibility index (Phi) is 3.20. The summed E-state index contributed by atoms with van der Waals surface area (Å²) >= 11 is 0. The Bertz CT molecular complexity index is 597. The monoisotopic (exact) mass is 272 g/mol. The zero-order valence-electron chi connectivity index (χ0n) is 12.2. The van der Waals surface area contributed by atoms with E-state index in [4.69, 9.17) is 0 Å². The van der Waals surface area contributed by atoms with Crippen molar-refractivity contribution in [3.05, 3.63) is 30.4 Å². The number of hydrogen-bond donors (Lipinski definition) is 0. The largest absolute Gasteiger partial charge is 0.331 e. The molecule has 0 unspecified atom stereocenters. The van der Waals surface area contributed by atoms with E-state index in [0.717, 1.165) is 12.8 Å². The van der Waals surface area contributed by atoms with Crippen molar-refractivity contribution in [2.45, 2.75) is 45.7 Å². The molecule has 1 fully saturated rings. The number of carbonyl (C=O) groups excluding carboxylic acids is 1. The Morgan fingerprint density at radius 2 is 2.15 bits per heavy atom. The van der Waals surface area contributed by atoms with E-state index in [1.165, 1.54) is 0 Å². The van der Waals surface area contributed by atoms with Gasteiger partial charge in [0.1, 0.15) is 5.69 Å². The number of aromatic nitrogens is 3. The van der Waals surface area contributed by atoms with Crippen LogP contribution in [0.5, 0.6) is 0 Å². The van der Waals surface area contributed by atoms with E-state index in [1.807, 2.05) is 17.2 Å². The third-order valence-electron chi connectivity index (χ3n) is 4.03. The minimum absolute atomic E-state index is 0.0270. The normalized spacial score (nSPS) is 16.6. The molecule has 0 N–H and O–H groups in total. The maximum Gasteiger partial charge on any atom is 0.274 e. The van der Waals surface area contributed by atoms with Crippen LogP contribution in [0.3, 0.4) is 0 Å². The van der Waals surface area contributed by atoms with Gasteiger partial charge in [-0.15, -0.1) is 0 Å². The van der Waals surface area contributed by atoms with E-state index in [-0.39, 0.29) is 11.9 Å². The first-order chi connectivity index (χ1) is 9.58. The molecule has 1 aliphatic carbocycles. The number of amides is 1. The van der Waals surface area contributed by atoms with Crippen molar-refractivity contribution in [3.8, 4) is 0 Å². The average molecular weight is 272 g/mol. The first-order valence-corrected chi connectivity index (χ1v) is 7.20. The van der Waals surface area contributed by atoms with Crippen LogP contribution in [0.1, 0.15) is 44.1 Å². The lowest BCUT2D eigenvalue weighted by atomic mass is 10.0. The highest BCUT2D eigenvalue weighted by atomic mass is 16.2. The minimum Gasteiger partial charge on any atom is -0.331 e. The second-order valence-corrected chi connectivity index (χ2v) is 5.88. The van der Waals surface area contributed by atoms with Gasteiger partial charge in [-0.2, -0.15) is 0 Å². The molecule has 1 atom stereocenters. The molecule has 106 valence electrons. The van der Waals surface area contributed by atoms with Gasteiger partial charge in [-0.25, -0.2) is 9.97 Å². The average Bonchev–Trinajstić information content (AvgIpc) is 3.16. The summed E-state index contributed by atoms with van der Waals surface area (Å²) in [4.78, 5) is 23.3. The second-order valence-electron chi connectivity index (χ2n) is 5.88. The molecular weight excluding hydrogens is 252 g/mol. The Labute approximate surface area is 118 Å². The number of hydrogen-bond acceptors (Lipinski definition) is 3. The van der Waals surface area contributed by atoms with E-state index in [9.17, 15) is 4.79 Å². The molecule has 5 heteroatoms. The number of carbonyl (C=O) groups is 1. The third-order valence-corrected chi connectivity index (χ3v) is 4.03. The molecule has 2 aromatic heterocycles. The lowest BCUT2D eigenvalue weighted by Gasteiger charge is -2.31. The van der Waals surface area contributed by atoms with Crippen LogP contribution < -0.4 is 0 Å². The van der Waals surface area contributed by atoms with Crippen molar-refractivity contribution < 1.29 is 4.79 Å². The summed E-state index contributed by atoms with van der Waals surface area (Å²) in [6.45, 7) is 6.42. The SMILES string of the molecule is CC(C)[C@@H](C)N(C(=O)c1cn2cccnc2n1)C1CC1. The number of rotatable bonds is 4. The number of fused-ring (bicyclic) bond motifs is 1. The van der Waals surface area contributed by atoms with Gasteiger partial charge in [0.05, 0.1) is 0 Å². The molecule has 1 aliphatic rings. The minimum atomic E-state index is 0.0270. The van der Waals surface area contributed by atoms with E-state index in [0.29, 0.717) is 23.4 Å². The predicted octanol–water partition coefficient (Wildman–Crippen LogP) is 2.38. The molecule has 0 aliphatic heterocycles. The first-order valence-electron chi connectivity index (χ1n) is 7.20. The molecule has 0 bridgehead atoms. The topological polar surface area (TPSA) is 50.5 Å². The highest BCUT2D eigenvalue weighted by molar-refractivity contribution is 5.93. The fraction of sp³-hybridized carbons (Fsp3) is 0.533. The van der Waals surface area contributed by atoms with Gasteiger partial charge in [-0.05, 0) is 31.7 Å². The number of imidazole rings is 1. The lowest BCUT2D eigenvalue weighted by Crippen LogP contribution is -2.43. The Hall–Kier alpha value is -1.91. The molecule has 0 spiro atoms. The van der Waals surface area contributed by atoms with Gasteiger partial charge in [-0.1, -0.05) is 13.8 Å². The van der Waals surface area contributed by atoms with Crippen LogP contribution >= 0.6 is 0 Å². The summed E-state index contributed by atoms with van der Waals surface area (Å²) in [5.74, 6) is 1.04. The van der Waals surface area contributed by atoms with Crippen LogP contribution in [0.15, 0.2) is 24.7 Å². The second kappa shape index (κ2) is 4.89. The van der Waals surface area contributed by atoms with Crippen molar-refractivity contribution in [1.29, 1.82) is 0 Å². The van der Waals surface area contributed by atoms with Gasteiger partial charge in [0.25, 0.3) is 5.91 Å². The highest BCUT2D eigenvalue weighted by Crippen LogP contribution is 2.31. The zero-order chi connectivity index (χ0) is 14.3. The van der Waals surface area contributed by atoms with Crippen LogP contribution in [-0.4, -0.2) is 37.3 Å². The molecule has 1 amide bonds. The summed E-state index contributed by atoms with van der Waals surface area (Å²) in [5, 5.41) is 0. The van der Waals surface area contributed by atoms with Crippen molar-refractivity contribution in [2.75, 3.05) is 0 Å². The van der Waals surface area contributed by atoms with E-state index in [1.54, 1.807) is 16.8 Å². The van der Waals surface area contributed by atoms with E-state index >= 15 is 0 Å². The summed E-state index contributed by atoms with van der Waals surface area (Å²) in [5.41, 5.74) is 0.489. The van der Waals surface area contributed by atoms with Crippen LogP contribution in [0.25, 0.3) is 5.78 Å². The Morgan fingerprint density at radius 3 is 2.75 bits per heavy atom. The molecule has 2 aromatic rings. The maximum atomic E-state index is 12.8. The van der Waals surface area contributed by atoms with Crippen LogP contribution in [0, 0.1) is 5.92 Å². The Morgan fingerprint density at radius 1 is 1.40 bits per heavy atom. The Balaban J connectivity index is 1.92. The van der Waals surface area contributed by atoms with E-state index in [2.05, 4.69) is 30.7 Å². The summed E-state index contributed by atoms with van der Waals surface area (Å²) in [7, 11) is 0. The maximum absolute atomic E-state index is 12.8. The van der Waals surface area contributed by atoms with Crippen molar-refractivity contribution in [1.82, 2.24) is 19.3 Å². The quantitative estimate of drug-likeness (QED) is 0.858. The fourth-order valence-electron chi connectivity index (χ4n) is 2.42. The van der Waals surface area contributed by atoms with Gasteiger partial charge < -0.3 is 4.90 Å². The first kappa shape index (κ1) is 13.1. The van der Waals surface area contributed by atoms with Gasteiger partial charge in [0.15, 0.2) is 0 Å². The summed E-state index contributed by atoms with van der Waals surface area (Å²) in [6.07, 6.45) is 7.53. The summed E-state index contributed by atoms with van der Waals surface area (Å²) < 4.78 is 1.79. The smallest absolute Gasteiger partial charge is 0.274 e. The van der Waals surface area contributed by atoms with Crippen LogP contribution in [-0.2, 0) is 0 Å². The standard InChI is InChI=1S/C15H20N4O/c1-10(2)11(3)19(12-5-6-12)14(20)13-9-18-8-4-7-16-15(18)17-13/h4,7-12H,5-6H2,1-3H3/t11-/m1/s1. The number of nitrogens with zero attached hydrogens (tertiary/aromatic N) is 4. The molecule has 0 radical (unpaired) electrons. The van der Waals surface area contributed by atoms with Crippen molar-refractivity contribution in [2.24, 2.45) is 5.92 Å². The van der Waals surface area contributed by atoms with Crippen molar-refractivity contribution >= 4 is 11.7 Å². The van der Waals surface area contributed by atoms with Gasteiger partial charge in [0, 0.05) is 30.7 Å². The zero-order valence-corrected chi connectivity index (χ0v) is 12.2.